The van der Waals surface area contributed by atoms with Crippen LogP contribution in [0, 0.1) is 20.8 Å². The first-order chi connectivity index (χ1) is 9.97. The number of anilines is 1. The van der Waals surface area contributed by atoms with Gasteiger partial charge < -0.3 is 14.8 Å². The van der Waals surface area contributed by atoms with Crippen molar-refractivity contribution in [3.05, 3.63) is 52.0 Å². The zero-order chi connectivity index (χ0) is 15.1. The number of fused-ring (bicyclic) bond motifs is 1. The van der Waals surface area contributed by atoms with Crippen LogP contribution in [0.3, 0.4) is 0 Å². The van der Waals surface area contributed by atoms with Gasteiger partial charge in [-0.3, -0.25) is 4.79 Å². The van der Waals surface area contributed by atoms with Gasteiger partial charge in [0.25, 0.3) is 0 Å². The van der Waals surface area contributed by atoms with E-state index in [1.807, 2.05) is 39.0 Å². The number of aryl methyl sites for hydroxylation is 3. The van der Waals surface area contributed by atoms with Crippen LogP contribution in [-0.4, -0.2) is 11.0 Å². The molecule has 1 aliphatic heterocycles. The van der Waals surface area contributed by atoms with Crippen LogP contribution in [0.1, 0.15) is 46.3 Å². The van der Waals surface area contributed by atoms with E-state index in [-0.39, 0.29) is 5.91 Å². The SMILES string of the molecule is Cc1oc(C)c(C(O)c2ccc3c(c2)CCC(=O)N3)c1C. The molecule has 1 aromatic heterocycles. The number of carbonyl (C=O) groups is 1. The Morgan fingerprint density at radius 3 is 2.62 bits per heavy atom. The molecular formula is C17H19NO3. The fourth-order valence-corrected chi connectivity index (χ4v) is 2.95. The number of aliphatic hydroxyl groups excluding tert-OH is 1. The number of hydrogen-bond donors (Lipinski definition) is 2. The zero-order valence-corrected chi connectivity index (χ0v) is 12.5. The fraction of sp³-hybridized carbons (Fsp3) is 0.353. The van der Waals surface area contributed by atoms with E-state index in [1.54, 1.807) is 0 Å². The Bertz CT molecular complexity index is 715. The first-order valence-electron chi connectivity index (χ1n) is 7.14. The number of carbonyl (C=O) groups excluding carboxylic acids is 1. The van der Waals surface area contributed by atoms with Crippen LogP contribution in [-0.2, 0) is 11.2 Å². The van der Waals surface area contributed by atoms with Crippen LogP contribution in [0.2, 0.25) is 0 Å². The number of nitrogens with one attached hydrogen (secondary N) is 1. The van der Waals surface area contributed by atoms with Crippen molar-refractivity contribution in [3.63, 3.8) is 0 Å². The van der Waals surface area contributed by atoms with Gasteiger partial charge >= 0.3 is 0 Å². The molecule has 2 heterocycles. The minimum Gasteiger partial charge on any atom is -0.466 e. The molecular weight excluding hydrogens is 266 g/mol. The number of benzene rings is 1. The summed E-state index contributed by atoms with van der Waals surface area (Å²) in [5.41, 5.74) is 4.58. The van der Waals surface area contributed by atoms with Crippen LogP contribution < -0.4 is 5.32 Å². The van der Waals surface area contributed by atoms with E-state index < -0.39 is 6.10 Å². The Hall–Kier alpha value is -2.07. The molecule has 4 nitrogen and oxygen atoms in total. The summed E-state index contributed by atoms with van der Waals surface area (Å²) in [6, 6.07) is 5.69. The van der Waals surface area contributed by atoms with Gasteiger partial charge in [0.05, 0.1) is 0 Å². The predicted molar refractivity (Wildman–Crippen MR) is 80.4 cm³/mol. The number of aliphatic hydroxyl groups is 1. The van der Waals surface area contributed by atoms with Gasteiger partial charge in [-0.2, -0.15) is 0 Å². The molecule has 1 atom stereocenters. The Labute approximate surface area is 123 Å². The Morgan fingerprint density at radius 2 is 1.95 bits per heavy atom. The molecule has 21 heavy (non-hydrogen) atoms. The molecule has 0 radical (unpaired) electrons. The van der Waals surface area contributed by atoms with Gasteiger partial charge in [-0.05, 0) is 49.9 Å². The largest absolute Gasteiger partial charge is 0.466 e. The summed E-state index contributed by atoms with van der Waals surface area (Å²) in [4.78, 5) is 11.4. The van der Waals surface area contributed by atoms with Crippen molar-refractivity contribution in [2.75, 3.05) is 5.32 Å². The van der Waals surface area contributed by atoms with Crippen molar-refractivity contribution < 1.29 is 14.3 Å². The normalized spacial score (nSPS) is 15.5. The molecule has 0 spiro atoms. The second-order valence-corrected chi connectivity index (χ2v) is 5.62. The first kappa shape index (κ1) is 13.9. The minimum absolute atomic E-state index is 0.0490. The second kappa shape index (κ2) is 5.04. The minimum atomic E-state index is -0.703. The summed E-state index contributed by atoms with van der Waals surface area (Å²) in [5.74, 6) is 1.64. The second-order valence-electron chi connectivity index (χ2n) is 5.62. The van der Waals surface area contributed by atoms with E-state index in [0.717, 1.165) is 39.5 Å². The summed E-state index contributed by atoms with van der Waals surface area (Å²) in [6.45, 7) is 5.74. The summed E-state index contributed by atoms with van der Waals surface area (Å²) >= 11 is 0. The van der Waals surface area contributed by atoms with Crippen LogP contribution >= 0.6 is 0 Å². The lowest BCUT2D eigenvalue weighted by Crippen LogP contribution is -2.19. The lowest BCUT2D eigenvalue weighted by Gasteiger charge is -2.19. The number of hydrogen-bond acceptors (Lipinski definition) is 3. The smallest absolute Gasteiger partial charge is 0.224 e. The molecule has 4 heteroatoms. The molecule has 1 unspecified atom stereocenters. The monoisotopic (exact) mass is 285 g/mol. The fourth-order valence-electron chi connectivity index (χ4n) is 2.95. The van der Waals surface area contributed by atoms with Gasteiger partial charge in [0.1, 0.15) is 17.6 Å². The van der Waals surface area contributed by atoms with E-state index in [1.165, 1.54) is 0 Å². The van der Waals surface area contributed by atoms with Gasteiger partial charge in [-0.15, -0.1) is 0 Å². The summed E-state index contributed by atoms with van der Waals surface area (Å²) in [5, 5.41) is 13.5. The maximum atomic E-state index is 11.4. The third kappa shape index (κ3) is 2.36. The van der Waals surface area contributed by atoms with Crippen LogP contribution in [0.25, 0.3) is 0 Å². The molecule has 110 valence electrons. The molecule has 1 aromatic carbocycles. The molecule has 0 saturated heterocycles. The highest BCUT2D eigenvalue weighted by Crippen LogP contribution is 2.33. The number of amides is 1. The van der Waals surface area contributed by atoms with E-state index in [4.69, 9.17) is 4.42 Å². The van der Waals surface area contributed by atoms with E-state index in [2.05, 4.69) is 5.32 Å². The molecule has 2 aromatic rings. The Morgan fingerprint density at radius 1 is 1.19 bits per heavy atom. The highest BCUT2D eigenvalue weighted by molar-refractivity contribution is 5.93. The molecule has 0 fully saturated rings. The van der Waals surface area contributed by atoms with Crippen molar-refractivity contribution in [3.8, 4) is 0 Å². The standard InChI is InChI=1S/C17H19NO3/c1-9-10(2)21-11(3)16(9)17(20)13-4-6-14-12(8-13)5-7-15(19)18-14/h4,6,8,17,20H,5,7H2,1-3H3,(H,18,19). The zero-order valence-electron chi connectivity index (χ0n) is 12.5. The average Bonchev–Trinajstić information content (AvgIpc) is 2.71. The molecule has 3 rings (SSSR count). The molecule has 1 amide bonds. The maximum absolute atomic E-state index is 11.4. The molecule has 0 bridgehead atoms. The number of furan rings is 1. The van der Waals surface area contributed by atoms with E-state index in [0.29, 0.717) is 12.8 Å². The highest BCUT2D eigenvalue weighted by Gasteiger charge is 2.22. The third-order valence-corrected chi connectivity index (χ3v) is 4.23. The van der Waals surface area contributed by atoms with Crippen molar-refractivity contribution in [2.24, 2.45) is 0 Å². The van der Waals surface area contributed by atoms with E-state index in [9.17, 15) is 9.90 Å². The lowest BCUT2D eigenvalue weighted by atomic mass is 9.94. The predicted octanol–water partition coefficient (Wildman–Crippen LogP) is 3.17. The first-order valence-corrected chi connectivity index (χ1v) is 7.14. The molecule has 0 aliphatic carbocycles. The van der Waals surface area contributed by atoms with E-state index >= 15 is 0 Å². The van der Waals surface area contributed by atoms with Gasteiger partial charge in [0.15, 0.2) is 0 Å². The van der Waals surface area contributed by atoms with Crippen molar-refractivity contribution >= 4 is 11.6 Å². The van der Waals surface area contributed by atoms with Crippen LogP contribution in [0.15, 0.2) is 22.6 Å². The summed E-state index contributed by atoms with van der Waals surface area (Å²) < 4.78 is 5.60. The van der Waals surface area contributed by atoms with Gasteiger partial charge in [-0.25, -0.2) is 0 Å². The molecule has 2 N–H and O–H groups in total. The quantitative estimate of drug-likeness (QED) is 0.891. The highest BCUT2D eigenvalue weighted by atomic mass is 16.3. The van der Waals surface area contributed by atoms with Gasteiger partial charge in [0, 0.05) is 17.7 Å². The maximum Gasteiger partial charge on any atom is 0.224 e. The summed E-state index contributed by atoms with van der Waals surface area (Å²) in [6.07, 6.45) is 0.505. The molecule has 1 aliphatic rings. The number of rotatable bonds is 2. The molecule has 0 saturated carbocycles. The summed E-state index contributed by atoms with van der Waals surface area (Å²) in [7, 11) is 0. The Kier molecular flexibility index (Phi) is 3.33. The van der Waals surface area contributed by atoms with Gasteiger partial charge in [-0.1, -0.05) is 12.1 Å². The van der Waals surface area contributed by atoms with Crippen LogP contribution in [0.5, 0.6) is 0 Å². The van der Waals surface area contributed by atoms with Crippen molar-refractivity contribution in [1.82, 2.24) is 0 Å². The topological polar surface area (TPSA) is 62.5 Å². The lowest BCUT2D eigenvalue weighted by molar-refractivity contribution is -0.116. The van der Waals surface area contributed by atoms with Crippen molar-refractivity contribution in [2.45, 2.75) is 39.7 Å². The van der Waals surface area contributed by atoms with Crippen molar-refractivity contribution in [1.29, 1.82) is 0 Å². The van der Waals surface area contributed by atoms with Gasteiger partial charge in [0.2, 0.25) is 5.91 Å². The van der Waals surface area contributed by atoms with Crippen LogP contribution in [0.4, 0.5) is 5.69 Å². The third-order valence-electron chi connectivity index (χ3n) is 4.23. The Balaban J connectivity index is 1.99. The average molecular weight is 285 g/mol.